The molecule has 27 heavy (non-hydrogen) atoms. The van der Waals surface area contributed by atoms with Gasteiger partial charge in [-0.15, -0.1) is 0 Å². The van der Waals surface area contributed by atoms with Crippen molar-refractivity contribution in [2.75, 3.05) is 33.0 Å². The lowest BCUT2D eigenvalue weighted by Crippen LogP contribution is -2.30. The minimum atomic E-state index is -0.188. The minimum Gasteiger partial charge on any atom is -0.459 e. The Morgan fingerprint density at radius 2 is 2.19 bits per heavy atom. The molecule has 1 amide bonds. The van der Waals surface area contributed by atoms with Crippen LogP contribution in [0.15, 0.2) is 27.3 Å². The Morgan fingerprint density at radius 1 is 1.30 bits per heavy atom. The van der Waals surface area contributed by atoms with Crippen LogP contribution in [0, 0.1) is 5.92 Å². The average Bonchev–Trinajstić information content (AvgIpc) is 3.47. The molecule has 2 aromatic rings. The average molecular weight is 375 g/mol. The Labute approximate surface area is 157 Å². The second-order valence-electron chi connectivity index (χ2n) is 7.06. The molecule has 4 heterocycles. The normalized spacial score (nSPS) is 21.0. The van der Waals surface area contributed by atoms with Gasteiger partial charge >= 0.3 is 0 Å². The molecular weight excluding hydrogens is 350 g/mol. The van der Waals surface area contributed by atoms with Crippen molar-refractivity contribution < 1.29 is 23.2 Å². The molecule has 0 radical (unpaired) electrons. The predicted octanol–water partition coefficient (Wildman–Crippen LogP) is 2.63. The van der Waals surface area contributed by atoms with E-state index < -0.39 is 0 Å². The van der Waals surface area contributed by atoms with Gasteiger partial charge in [0.05, 0.1) is 12.9 Å². The molecule has 0 aliphatic carbocycles. The van der Waals surface area contributed by atoms with E-state index in [9.17, 15) is 4.79 Å². The highest BCUT2D eigenvalue weighted by molar-refractivity contribution is 5.91. The first-order valence-electron chi connectivity index (χ1n) is 9.63. The van der Waals surface area contributed by atoms with Crippen molar-refractivity contribution in [2.24, 2.45) is 5.92 Å². The summed E-state index contributed by atoms with van der Waals surface area (Å²) in [6, 6.07) is 3.20. The molecule has 1 unspecified atom stereocenters. The SMILES string of the molecule is O=C(c1ccco1)N1CCCC1c1nc(CCOCC2CCOCC2)no1. The third kappa shape index (κ3) is 4.39. The quantitative estimate of drug-likeness (QED) is 0.687. The molecule has 2 aliphatic rings. The molecule has 0 saturated carbocycles. The van der Waals surface area contributed by atoms with E-state index in [0.29, 0.717) is 43.0 Å². The number of hydrogen-bond acceptors (Lipinski definition) is 7. The van der Waals surface area contributed by atoms with Gasteiger partial charge < -0.3 is 23.3 Å². The maximum atomic E-state index is 12.6. The van der Waals surface area contributed by atoms with Crippen molar-refractivity contribution >= 4 is 5.91 Å². The van der Waals surface area contributed by atoms with E-state index >= 15 is 0 Å². The number of nitrogens with zero attached hydrogens (tertiary/aromatic N) is 3. The van der Waals surface area contributed by atoms with Crippen molar-refractivity contribution in [1.29, 1.82) is 0 Å². The van der Waals surface area contributed by atoms with Crippen molar-refractivity contribution in [3.63, 3.8) is 0 Å². The van der Waals surface area contributed by atoms with Crippen LogP contribution in [0.5, 0.6) is 0 Å². The van der Waals surface area contributed by atoms with Crippen molar-refractivity contribution in [1.82, 2.24) is 15.0 Å². The van der Waals surface area contributed by atoms with Crippen LogP contribution in [0.25, 0.3) is 0 Å². The molecule has 0 bridgehead atoms. The van der Waals surface area contributed by atoms with Crippen molar-refractivity contribution in [3.05, 3.63) is 35.9 Å². The van der Waals surface area contributed by atoms with Gasteiger partial charge in [-0.3, -0.25) is 4.79 Å². The van der Waals surface area contributed by atoms with Crippen molar-refractivity contribution in [2.45, 2.75) is 38.1 Å². The lowest BCUT2D eigenvalue weighted by atomic mass is 10.0. The summed E-state index contributed by atoms with van der Waals surface area (Å²) in [7, 11) is 0. The fraction of sp³-hybridized carbons (Fsp3) is 0.632. The zero-order valence-electron chi connectivity index (χ0n) is 15.3. The molecule has 0 aromatic carbocycles. The Morgan fingerprint density at radius 3 is 3.00 bits per heavy atom. The fourth-order valence-electron chi connectivity index (χ4n) is 3.64. The third-order valence-electron chi connectivity index (χ3n) is 5.18. The van der Waals surface area contributed by atoms with Crippen LogP contribution in [-0.4, -0.2) is 53.9 Å². The standard InChI is InChI=1S/C19H25N3O5/c23-19(16-4-2-9-26-16)22-8-1-3-15(22)18-20-17(21-27-18)7-12-25-13-14-5-10-24-11-6-14/h2,4,9,14-15H,1,3,5-8,10-13H2. The Bertz CT molecular complexity index is 724. The molecule has 0 N–H and O–H groups in total. The summed E-state index contributed by atoms with van der Waals surface area (Å²) < 4.78 is 21.8. The minimum absolute atomic E-state index is 0.137. The summed E-state index contributed by atoms with van der Waals surface area (Å²) in [6.07, 6.45) is 5.95. The van der Waals surface area contributed by atoms with Crippen LogP contribution >= 0.6 is 0 Å². The Hall–Kier alpha value is -2.19. The van der Waals surface area contributed by atoms with Crippen LogP contribution in [0.4, 0.5) is 0 Å². The smallest absolute Gasteiger partial charge is 0.290 e. The van der Waals surface area contributed by atoms with E-state index in [1.807, 2.05) is 0 Å². The molecule has 4 rings (SSSR count). The largest absolute Gasteiger partial charge is 0.459 e. The number of ether oxygens (including phenoxy) is 2. The van der Waals surface area contributed by atoms with Gasteiger partial charge in [0.25, 0.3) is 5.91 Å². The van der Waals surface area contributed by atoms with E-state index in [1.165, 1.54) is 6.26 Å². The number of rotatable bonds is 7. The van der Waals surface area contributed by atoms with Gasteiger partial charge in [-0.05, 0) is 43.7 Å². The zero-order chi connectivity index (χ0) is 18.5. The summed E-state index contributed by atoms with van der Waals surface area (Å²) in [5, 5.41) is 4.05. The summed E-state index contributed by atoms with van der Waals surface area (Å²) in [5.41, 5.74) is 0. The first kappa shape index (κ1) is 18.2. The van der Waals surface area contributed by atoms with Crippen LogP contribution in [0.2, 0.25) is 0 Å². The maximum Gasteiger partial charge on any atom is 0.290 e. The second kappa shape index (κ2) is 8.67. The molecule has 0 spiro atoms. The Kier molecular flexibility index (Phi) is 5.84. The number of hydrogen-bond donors (Lipinski definition) is 0. The number of likely N-dealkylation sites (tertiary alicyclic amines) is 1. The molecule has 2 aliphatic heterocycles. The first-order chi connectivity index (χ1) is 13.3. The highest BCUT2D eigenvalue weighted by Gasteiger charge is 2.35. The van der Waals surface area contributed by atoms with Crippen LogP contribution in [-0.2, 0) is 15.9 Å². The molecular formula is C19H25N3O5. The summed E-state index contributed by atoms with van der Waals surface area (Å²) in [4.78, 5) is 18.8. The van der Waals surface area contributed by atoms with E-state index in [0.717, 1.165) is 45.5 Å². The Balaban J connectivity index is 1.28. The number of amides is 1. The molecule has 2 aromatic heterocycles. The van der Waals surface area contributed by atoms with Gasteiger partial charge in [0.1, 0.15) is 6.04 Å². The zero-order valence-corrected chi connectivity index (χ0v) is 15.3. The van der Waals surface area contributed by atoms with Crippen molar-refractivity contribution in [3.8, 4) is 0 Å². The highest BCUT2D eigenvalue weighted by Crippen LogP contribution is 2.32. The molecule has 8 heteroatoms. The lowest BCUT2D eigenvalue weighted by Gasteiger charge is -2.21. The van der Waals surface area contributed by atoms with E-state index in [-0.39, 0.29) is 11.9 Å². The third-order valence-corrected chi connectivity index (χ3v) is 5.18. The summed E-state index contributed by atoms with van der Waals surface area (Å²) in [5.74, 6) is 1.89. The number of aromatic nitrogens is 2. The number of carbonyl (C=O) groups excluding carboxylic acids is 1. The molecule has 146 valence electrons. The summed E-state index contributed by atoms with van der Waals surface area (Å²) in [6.45, 7) is 3.64. The molecule has 2 fully saturated rings. The first-order valence-corrected chi connectivity index (χ1v) is 9.63. The van der Waals surface area contributed by atoms with Gasteiger partial charge in [-0.25, -0.2) is 0 Å². The van der Waals surface area contributed by atoms with E-state index in [1.54, 1.807) is 17.0 Å². The van der Waals surface area contributed by atoms with Crippen LogP contribution < -0.4 is 0 Å². The number of furan rings is 1. The topological polar surface area (TPSA) is 90.8 Å². The lowest BCUT2D eigenvalue weighted by molar-refractivity contribution is 0.0211. The fourth-order valence-corrected chi connectivity index (χ4v) is 3.64. The van der Waals surface area contributed by atoms with Gasteiger partial charge in [-0.2, -0.15) is 4.98 Å². The molecule has 2 saturated heterocycles. The van der Waals surface area contributed by atoms with Gasteiger partial charge in [0.15, 0.2) is 11.6 Å². The second-order valence-corrected chi connectivity index (χ2v) is 7.06. The highest BCUT2D eigenvalue weighted by atomic mass is 16.5. The predicted molar refractivity (Wildman–Crippen MR) is 94.1 cm³/mol. The van der Waals surface area contributed by atoms with E-state index in [2.05, 4.69) is 10.1 Å². The summed E-state index contributed by atoms with van der Waals surface area (Å²) >= 11 is 0. The molecule has 8 nitrogen and oxygen atoms in total. The van der Waals surface area contributed by atoms with Gasteiger partial charge in [0.2, 0.25) is 5.89 Å². The number of carbonyl (C=O) groups is 1. The van der Waals surface area contributed by atoms with E-state index in [4.69, 9.17) is 18.4 Å². The van der Waals surface area contributed by atoms with Gasteiger partial charge in [-0.1, -0.05) is 5.16 Å². The van der Waals surface area contributed by atoms with Gasteiger partial charge in [0, 0.05) is 32.8 Å². The maximum absolute atomic E-state index is 12.6. The monoisotopic (exact) mass is 375 g/mol. The molecule has 1 atom stereocenters. The van der Waals surface area contributed by atoms with Crippen LogP contribution in [0.3, 0.4) is 0 Å². The van der Waals surface area contributed by atoms with Crippen LogP contribution in [0.1, 0.15) is 54.0 Å².